The molecule has 216 valence electrons. The van der Waals surface area contributed by atoms with Gasteiger partial charge in [0.1, 0.15) is 6.29 Å². The number of rotatable bonds is 17. The van der Waals surface area contributed by atoms with Gasteiger partial charge < -0.3 is 33.4 Å². The van der Waals surface area contributed by atoms with Crippen LogP contribution in [0.15, 0.2) is 30.3 Å². The van der Waals surface area contributed by atoms with Crippen molar-refractivity contribution in [3.05, 3.63) is 41.5 Å². The second-order valence-corrected chi connectivity index (χ2v) is 9.41. The first-order valence-corrected chi connectivity index (χ1v) is 13.2. The molecule has 2 N–H and O–H groups in total. The van der Waals surface area contributed by atoms with E-state index < -0.39 is 6.09 Å². The third-order valence-corrected chi connectivity index (χ3v) is 6.18. The zero-order chi connectivity index (χ0) is 28.8. The smallest absolute Gasteiger partial charge is 0.415 e. The van der Waals surface area contributed by atoms with Gasteiger partial charge in [-0.05, 0) is 67.5 Å². The van der Waals surface area contributed by atoms with Gasteiger partial charge in [0.15, 0.2) is 23.0 Å². The summed E-state index contributed by atoms with van der Waals surface area (Å²) >= 11 is 0. The first kappa shape index (κ1) is 31.7. The molecule has 0 heterocycles. The zero-order valence-corrected chi connectivity index (χ0v) is 24.2. The number of carbonyl (C=O) groups excluding carboxylic acids is 2. The van der Waals surface area contributed by atoms with E-state index in [2.05, 4.69) is 24.7 Å². The number of aldehydes is 1. The lowest BCUT2D eigenvalue weighted by Crippen LogP contribution is -2.46. The topological polar surface area (TPSA) is 108 Å². The van der Waals surface area contributed by atoms with E-state index in [0.29, 0.717) is 67.1 Å². The van der Waals surface area contributed by atoms with Crippen molar-refractivity contribution in [3.8, 4) is 28.7 Å². The lowest BCUT2D eigenvalue weighted by molar-refractivity contribution is -0.110. The van der Waals surface area contributed by atoms with Crippen LogP contribution in [-0.2, 0) is 17.6 Å². The van der Waals surface area contributed by atoms with Crippen LogP contribution in [0.5, 0.6) is 28.7 Å². The number of benzene rings is 2. The lowest BCUT2D eigenvalue weighted by atomic mass is 10.0. The second kappa shape index (κ2) is 16.5. The van der Waals surface area contributed by atoms with Gasteiger partial charge in [-0.2, -0.15) is 0 Å². The SMILES string of the molecule is CCN(CCNN[C@@H](C=O)CC(C)C)C(=O)Oc1cc(CCc2cc(OC)c(OC)c(OC)c2)ccc1OC. The summed E-state index contributed by atoms with van der Waals surface area (Å²) in [5.41, 5.74) is 8.03. The Balaban J connectivity index is 2.03. The van der Waals surface area contributed by atoms with Crippen LogP contribution in [0, 0.1) is 5.92 Å². The fourth-order valence-corrected chi connectivity index (χ4v) is 4.11. The average molecular weight is 546 g/mol. The third kappa shape index (κ3) is 9.63. The van der Waals surface area contributed by atoms with Crippen LogP contribution in [0.4, 0.5) is 4.79 Å². The molecule has 0 aromatic heterocycles. The zero-order valence-electron chi connectivity index (χ0n) is 24.2. The molecule has 2 aromatic carbocycles. The molecule has 0 unspecified atom stereocenters. The first-order chi connectivity index (χ1) is 18.8. The number of amides is 1. The van der Waals surface area contributed by atoms with E-state index in [1.807, 2.05) is 31.2 Å². The summed E-state index contributed by atoms with van der Waals surface area (Å²) in [5, 5.41) is 0. The molecule has 0 aliphatic heterocycles. The Bertz CT molecular complexity index is 1040. The van der Waals surface area contributed by atoms with Crippen molar-refractivity contribution in [2.75, 3.05) is 48.1 Å². The van der Waals surface area contributed by atoms with Gasteiger partial charge in [0.05, 0.1) is 34.5 Å². The lowest BCUT2D eigenvalue weighted by Gasteiger charge is -2.22. The van der Waals surface area contributed by atoms with Crippen LogP contribution >= 0.6 is 0 Å². The summed E-state index contributed by atoms with van der Waals surface area (Å²) < 4.78 is 27.5. The molecule has 0 spiro atoms. The summed E-state index contributed by atoms with van der Waals surface area (Å²) in [6, 6.07) is 9.13. The molecule has 2 aromatic rings. The molecular weight excluding hydrogens is 502 g/mol. The Morgan fingerprint density at radius 2 is 1.51 bits per heavy atom. The molecular formula is C29H43N3O7. The van der Waals surface area contributed by atoms with Gasteiger partial charge >= 0.3 is 6.09 Å². The van der Waals surface area contributed by atoms with Gasteiger partial charge in [0.2, 0.25) is 5.75 Å². The quantitative estimate of drug-likeness (QED) is 0.173. The number of nitrogens with zero attached hydrogens (tertiary/aromatic N) is 1. The largest absolute Gasteiger partial charge is 0.493 e. The fraction of sp³-hybridized carbons (Fsp3) is 0.517. The summed E-state index contributed by atoms with van der Waals surface area (Å²) in [4.78, 5) is 25.7. The van der Waals surface area contributed by atoms with Crippen LogP contribution in [0.25, 0.3) is 0 Å². The van der Waals surface area contributed by atoms with Crippen molar-refractivity contribution < 1.29 is 33.3 Å². The van der Waals surface area contributed by atoms with Crippen LogP contribution in [0.3, 0.4) is 0 Å². The molecule has 0 fully saturated rings. The molecule has 0 radical (unpaired) electrons. The molecule has 0 bridgehead atoms. The summed E-state index contributed by atoms with van der Waals surface area (Å²) in [5.74, 6) is 2.96. The normalized spacial score (nSPS) is 11.6. The van der Waals surface area contributed by atoms with Gasteiger partial charge in [-0.3, -0.25) is 5.43 Å². The Labute approximate surface area is 231 Å². The highest BCUT2D eigenvalue weighted by Crippen LogP contribution is 2.38. The standard InChI is InChI=1S/C29H43N3O7/c1-8-32(14-13-30-31-23(19-33)15-20(2)3)29(34)39-25-16-21(11-12-24(25)35-4)9-10-22-17-26(36-5)28(38-7)27(18-22)37-6/h11-12,16-20,23,30-31H,8-10,13-15H2,1-7H3/t23-/m1/s1. The van der Waals surface area contributed by atoms with E-state index in [-0.39, 0.29) is 6.04 Å². The highest BCUT2D eigenvalue weighted by atomic mass is 16.6. The van der Waals surface area contributed by atoms with E-state index in [4.69, 9.17) is 23.7 Å². The maximum atomic E-state index is 12.9. The number of methoxy groups -OCH3 is 4. The molecule has 1 atom stereocenters. The third-order valence-electron chi connectivity index (χ3n) is 6.18. The minimum absolute atomic E-state index is 0.279. The minimum atomic E-state index is -0.478. The van der Waals surface area contributed by atoms with Crippen molar-refractivity contribution in [2.45, 2.75) is 46.1 Å². The monoisotopic (exact) mass is 545 g/mol. The first-order valence-electron chi connectivity index (χ1n) is 13.2. The van der Waals surface area contributed by atoms with Gasteiger partial charge in [-0.25, -0.2) is 10.2 Å². The molecule has 0 saturated heterocycles. The number of nitrogens with one attached hydrogen (secondary N) is 2. The van der Waals surface area contributed by atoms with Crippen molar-refractivity contribution in [3.63, 3.8) is 0 Å². The van der Waals surface area contributed by atoms with Gasteiger partial charge in [0, 0.05) is 19.6 Å². The van der Waals surface area contributed by atoms with E-state index in [0.717, 1.165) is 23.8 Å². The van der Waals surface area contributed by atoms with Crippen molar-refractivity contribution in [1.82, 2.24) is 15.8 Å². The van der Waals surface area contributed by atoms with Crippen LogP contribution < -0.4 is 34.5 Å². The van der Waals surface area contributed by atoms with Gasteiger partial charge in [0.25, 0.3) is 0 Å². The average Bonchev–Trinajstić information content (AvgIpc) is 2.94. The summed E-state index contributed by atoms with van der Waals surface area (Å²) in [6.07, 6.45) is 2.53. The molecule has 10 nitrogen and oxygen atoms in total. The predicted octanol–water partition coefficient (Wildman–Crippen LogP) is 4.03. The van der Waals surface area contributed by atoms with Crippen LogP contribution in [0.1, 0.15) is 38.3 Å². The number of aryl methyl sites for hydroxylation is 2. The van der Waals surface area contributed by atoms with Crippen molar-refractivity contribution in [1.29, 1.82) is 0 Å². The number of hydrogen-bond donors (Lipinski definition) is 2. The van der Waals surface area contributed by atoms with Gasteiger partial charge in [-0.1, -0.05) is 19.9 Å². The van der Waals surface area contributed by atoms with Crippen LogP contribution in [0.2, 0.25) is 0 Å². The number of carbonyl (C=O) groups is 2. The van der Waals surface area contributed by atoms with E-state index >= 15 is 0 Å². The summed E-state index contributed by atoms with van der Waals surface area (Å²) in [7, 11) is 6.29. The fourth-order valence-electron chi connectivity index (χ4n) is 4.11. The Morgan fingerprint density at radius 1 is 0.897 bits per heavy atom. The highest BCUT2D eigenvalue weighted by Gasteiger charge is 2.18. The maximum absolute atomic E-state index is 12.9. The Morgan fingerprint density at radius 3 is 2.05 bits per heavy atom. The number of likely N-dealkylation sites (N-methyl/N-ethyl adjacent to an activating group) is 1. The van der Waals surface area contributed by atoms with Crippen molar-refractivity contribution in [2.24, 2.45) is 5.92 Å². The molecule has 2 rings (SSSR count). The second-order valence-electron chi connectivity index (χ2n) is 9.41. The van der Waals surface area contributed by atoms with E-state index in [9.17, 15) is 9.59 Å². The number of hydrogen-bond acceptors (Lipinski definition) is 9. The van der Waals surface area contributed by atoms with E-state index in [1.54, 1.807) is 32.3 Å². The summed E-state index contributed by atoms with van der Waals surface area (Å²) in [6.45, 7) is 7.32. The minimum Gasteiger partial charge on any atom is -0.493 e. The van der Waals surface area contributed by atoms with Gasteiger partial charge in [-0.15, -0.1) is 0 Å². The molecule has 0 aliphatic carbocycles. The highest BCUT2D eigenvalue weighted by molar-refractivity contribution is 5.71. The maximum Gasteiger partial charge on any atom is 0.415 e. The van der Waals surface area contributed by atoms with Crippen LogP contribution in [-0.4, -0.2) is 71.4 Å². The van der Waals surface area contributed by atoms with Crippen molar-refractivity contribution >= 4 is 12.4 Å². The molecule has 0 saturated carbocycles. The molecule has 39 heavy (non-hydrogen) atoms. The molecule has 0 aliphatic rings. The Kier molecular flexibility index (Phi) is 13.4. The molecule has 1 amide bonds. The predicted molar refractivity (Wildman–Crippen MR) is 150 cm³/mol. The number of hydrazine groups is 1. The van der Waals surface area contributed by atoms with E-state index in [1.165, 1.54) is 7.11 Å². The Hall–Kier alpha value is -3.50. The number of ether oxygens (including phenoxy) is 5. The molecule has 10 heteroatoms.